The second kappa shape index (κ2) is 5.88. The Hall–Kier alpha value is -1.61. The fourth-order valence-electron chi connectivity index (χ4n) is 2.41. The highest BCUT2D eigenvalue weighted by molar-refractivity contribution is 7.89. The van der Waals surface area contributed by atoms with E-state index in [4.69, 9.17) is 5.11 Å². The highest BCUT2D eigenvalue weighted by atomic mass is 32.2. The second-order valence-corrected chi connectivity index (χ2v) is 6.88. The lowest BCUT2D eigenvalue weighted by Gasteiger charge is -2.31. The number of carboxylic acid groups (broad SMARTS) is 1. The Bertz CT molecular complexity index is 672. The van der Waals surface area contributed by atoms with Crippen LogP contribution in [-0.2, 0) is 21.0 Å². The minimum atomic E-state index is -4.67. The van der Waals surface area contributed by atoms with Crippen molar-refractivity contribution in [2.24, 2.45) is 0 Å². The Labute approximate surface area is 125 Å². The predicted octanol–water partition coefficient (Wildman–Crippen LogP) is 2.33. The Balaban J connectivity index is 2.43. The molecule has 2 rings (SSSR count). The Morgan fingerprint density at radius 1 is 1.27 bits per heavy atom. The number of carboxylic acids is 1. The summed E-state index contributed by atoms with van der Waals surface area (Å²) < 4.78 is 63.8. The smallest absolute Gasteiger partial charge is 0.416 e. The molecule has 1 aliphatic heterocycles. The largest absolute Gasteiger partial charge is 0.480 e. The quantitative estimate of drug-likeness (QED) is 0.919. The monoisotopic (exact) mass is 337 g/mol. The van der Waals surface area contributed by atoms with E-state index in [1.165, 1.54) is 0 Å². The van der Waals surface area contributed by atoms with Gasteiger partial charge in [-0.25, -0.2) is 8.42 Å². The Morgan fingerprint density at radius 2 is 1.95 bits per heavy atom. The first kappa shape index (κ1) is 16.8. The van der Waals surface area contributed by atoms with E-state index in [1.807, 2.05) is 0 Å². The van der Waals surface area contributed by atoms with Crippen molar-refractivity contribution in [1.29, 1.82) is 0 Å². The van der Waals surface area contributed by atoms with Crippen molar-refractivity contribution in [3.05, 3.63) is 29.8 Å². The van der Waals surface area contributed by atoms with Gasteiger partial charge < -0.3 is 5.11 Å². The number of hydrogen-bond donors (Lipinski definition) is 1. The molecule has 0 aliphatic carbocycles. The van der Waals surface area contributed by atoms with Crippen molar-refractivity contribution in [1.82, 2.24) is 4.31 Å². The van der Waals surface area contributed by atoms with Crippen molar-refractivity contribution in [3.63, 3.8) is 0 Å². The molecule has 0 aromatic heterocycles. The molecule has 9 heteroatoms. The summed E-state index contributed by atoms with van der Waals surface area (Å²) in [5, 5.41) is 9.12. The van der Waals surface area contributed by atoms with Crippen LogP contribution in [0.5, 0.6) is 0 Å². The van der Waals surface area contributed by atoms with Gasteiger partial charge in [-0.1, -0.05) is 6.07 Å². The summed E-state index contributed by atoms with van der Waals surface area (Å²) in [6.07, 6.45) is -3.49. The summed E-state index contributed by atoms with van der Waals surface area (Å²) in [6.45, 7) is -0.0183. The topological polar surface area (TPSA) is 74.7 Å². The minimum absolute atomic E-state index is 0.0183. The van der Waals surface area contributed by atoms with E-state index in [0.29, 0.717) is 18.9 Å². The number of halogens is 3. The summed E-state index contributed by atoms with van der Waals surface area (Å²) in [5.41, 5.74) is -1.09. The molecule has 0 radical (unpaired) electrons. The third kappa shape index (κ3) is 3.25. The molecule has 0 saturated carbocycles. The first-order valence-electron chi connectivity index (χ1n) is 6.56. The molecule has 122 valence electrons. The van der Waals surface area contributed by atoms with E-state index in [9.17, 15) is 26.4 Å². The number of aliphatic carboxylic acids is 1. The maximum absolute atomic E-state index is 12.7. The number of nitrogens with zero attached hydrogens (tertiary/aromatic N) is 1. The molecule has 22 heavy (non-hydrogen) atoms. The van der Waals surface area contributed by atoms with Crippen LogP contribution < -0.4 is 0 Å². The zero-order valence-electron chi connectivity index (χ0n) is 11.4. The third-order valence-electron chi connectivity index (χ3n) is 3.51. The van der Waals surface area contributed by atoms with Gasteiger partial charge in [0.25, 0.3) is 0 Å². The van der Waals surface area contributed by atoms with Gasteiger partial charge in [-0.2, -0.15) is 17.5 Å². The fraction of sp³-hybridized carbons (Fsp3) is 0.462. The molecular weight excluding hydrogens is 323 g/mol. The highest BCUT2D eigenvalue weighted by Gasteiger charge is 2.39. The van der Waals surface area contributed by atoms with Crippen LogP contribution in [-0.4, -0.2) is 36.4 Å². The normalized spacial score (nSPS) is 20.8. The average Bonchev–Trinajstić information content (AvgIpc) is 2.46. The molecule has 1 aromatic carbocycles. The molecular formula is C13H14F3NO4S. The maximum Gasteiger partial charge on any atom is 0.416 e. The molecule has 1 fully saturated rings. The SMILES string of the molecule is O=C(O)C1CCCCN1S(=O)(=O)c1cccc(C(F)(F)F)c1. The van der Waals surface area contributed by atoms with Gasteiger partial charge in [-0.05, 0) is 37.5 Å². The summed E-state index contributed by atoms with van der Waals surface area (Å²) >= 11 is 0. The van der Waals surface area contributed by atoms with Gasteiger partial charge in [0.05, 0.1) is 10.5 Å². The molecule has 0 amide bonds. The molecule has 0 spiro atoms. The molecule has 1 unspecified atom stereocenters. The molecule has 1 saturated heterocycles. The van der Waals surface area contributed by atoms with Crippen LogP contribution in [0.4, 0.5) is 13.2 Å². The number of piperidine rings is 1. The summed E-state index contributed by atoms with van der Waals surface area (Å²) in [4.78, 5) is 10.6. The lowest BCUT2D eigenvalue weighted by atomic mass is 10.1. The molecule has 0 bridgehead atoms. The molecule has 1 aromatic rings. The predicted molar refractivity (Wildman–Crippen MR) is 70.6 cm³/mol. The standard InChI is InChI=1S/C13H14F3NO4S/c14-13(15,16)9-4-3-5-10(8-9)22(20,21)17-7-2-1-6-11(17)12(18)19/h3-5,8,11H,1-2,6-7H2,(H,18,19). The average molecular weight is 337 g/mol. The first-order chi connectivity index (χ1) is 10.1. The molecule has 1 N–H and O–H groups in total. The van der Waals surface area contributed by atoms with Crippen molar-refractivity contribution in [2.45, 2.75) is 36.4 Å². The van der Waals surface area contributed by atoms with Gasteiger partial charge in [-0.3, -0.25) is 4.79 Å². The van der Waals surface area contributed by atoms with E-state index in [1.54, 1.807) is 0 Å². The molecule has 5 nitrogen and oxygen atoms in total. The summed E-state index contributed by atoms with van der Waals surface area (Å²) in [6, 6.07) is 2.09. The van der Waals surface area contributed by atoms with Crippen LogP contribution in [0, 0.1) is 0 Å². The van der Waals surface area contributed by atoms with Gasteiger partial charge in [0.15, 0.2) is 0 Å². The van der Waals surface area contributed by atoms with Crippen LogP contribution in [0.3, 0.4) is 0 Å². The molecule has 1 atom stereocenters. The van der Waals surface area contributed by atoms with Gasteiger partial charge in [0.2, 0.25) is 10.0 Å². The lowest BCUT2D eigenvalue weighted by Crippen LogP contribution is -2.47. The number of hydrogen-bond acceptors (Lipinski definition) is 3. The third-order valence-corrected chi connectivity index (χ3v) is 5.41. The zero-order valence-corrected chi connectivity index (χ0v) is 12.2. The summed E-state index contributed by atoms with van der Waals surface area (Å²) in [7, 11) is -4.29. The minimum Gasteiger partial charge on any atom is -0.480 e. The lowest BCUT2D eigenvalue weighted by molar-refractivity contribution is -0.142. The molecule has 1 heterocycles. The zero-order chi connectivity index (χ0) is 16.5. The number of alkyl halides is 3. The fourth-order valence-corrected chi connectivity index (χ4v) is 4.11. The number of sulfonamides is 1. The summed E-state index contributed by atoms with van der Waals surface area (Å²) in [5.74, 6) is -1.30. The van der Waals surface area contributed by atoms with Crippen molar-refractivity contribution < 1.29 is 31.5 Å². The number of benzene rings is 1. The van der Waals surface area contributed by atoms with Gasteiger partial charge in [-0.15, -0.1) is 0 Å². The van der Waals surface area contributed by atoms with Gasteiger partial charge >= 0.3 is 12.1 Å². The van der Waals surface area contributed by atoms with Crippen molar-refractivity contribution >= 4 is 16.0 Å². The highest BCUT2D eigenvalue weighted by Crippen LogP contribution is 2.32. The second-order valence-electron chi connectivity index (χ2n) is 4.99. The van der Waals surface area contributed by atoms with Crippen LogP contribution in [0.1, 0.15) is 24.8 Å². The van der Waals surface area contributed by atoms with E-state index < -0.39 is 38.7 Å². The number of carbonyl (C=O) groups is 1. The van der Waals surface area contributed by atoms with Crippen molar-refractivity contribution in [2.75, 3.05) is 6.54 Å². The first-order valence-corrected chi connectivity index (χ1v) is 8.00. The Morgan fingerprint density at radius 3 is 2.55 bits per heavy atom. The van der Waals surface area contributed by atoms with Crippen LogP contribution in [0.25, 0.3) is 0 Å². The molecule has 1 aliphatic rings. The van der Waals surface area contributed by atoms with E-state index in [0.717, 1.165) is 22.5 Å². The van der Waals surface area contributed by atoms with Crippen LogP contribution >= 0.6 is 0 Å². The van der Waals surface area contributed by atoms with E-state index in [2.05, 4.69) is 0 Å². The van der Waals surface area contributed by atoms with E-state index in [-0.39, 0.29) is 13.0 Å². The van der Waals surface area contributed by atoms with Gasteiger partial charge in [0, 0.05) is 6.54 Å². The maximum atomic E-state index is 12.7. The van der Waals surface area contributed by atoms with Crippen molar-refractivity contribution in [3.8, 4) is 0 Å². The van der Waals surface area contributed by atoms with Crippen LogP contribution in [0.15, 0.2) is 29.2 Å². The van der Waals surface area contributed by atoms with Gasteiger partial charge in [0.1, 0.15) is 6.04 Å². The van der Waals surface area contributed by atoms with Crippen LogP contribution in [0.2, 0.25) is 0 Å². The Kier molecular flexibility index (Phi) is 4.48. The number of rotatable bonds is 3. The van der Waals surface area contributed by atoms with E-state index >= 15 is 0 Å².